The second-order valence-corrected chi connectivity index (χ2v) is 5.04. The van der Waals surface area contributed by atoms with E-state index in [4.69, 9.17) is 4.74 Å². The monoisotopic (exact) mass is 227 g/mol. The number of hydrogen-bond acceptors (Lipinski definition) is 2. The largest absolute Gasteiger partial charge is 0.382 e. The van der Waals surface area contributed by atoms with Gasteiger partial charge >= 0.3 is 0 Å². The summed E-state index contributed by atoms with van der Waals surface area (Å²) in [6.07, 6.45) is 9.66. The first-order chi connectivity index (χ1) is 7.84. The molecule has 0 aromatic heterocycles. The molecule has 0 heterocycles. The van der Waals surface area contributed by atoms with E-state index in [2.05, 4.69) is 19.2 Å². The normalized spacial score (nSPS) is 19.9. The summed E-state index contributed by atoms with van der Waals surface area (Å²) >= 11 is 0. The molecule has 2 nitrogen and oxygen atoms in total. The first-order valence-corrected chi connectivity index (χ1v) is 7.15. The summed E-state index contributed by atoms with van der Waals surface area (Å²) in [6.45, 7) is 7.36. The van der Waals surface area contributed by atoms with Gasteiger partial charge in [-0.2, -0.15) is 0 Å². The van der Waals surface area contributed by atoms with Crippen molar-refractivity contribution in [2.24, 2.45) is 5.92 Å². The predicted molar refractivity (Wildman–Crippen MR) is 69.8 cm³/mol. The second kappa shape index (κ2) is 9.00. The molecule has 1 unspecified atom stereocenters. The minimum Gasteiger partial charge on any atom is -0.382 e. The lowest BCUT2D eigenvalue weighted by Crippen LogP contribution is -2.35. The maximum Gasteiger partial charge on any atom is 0.0466 e. The standard InChI is InChI=1S/C14H29NO/c1-3-16-12-8-7-11-15-13(2)14-9-5-4-6-10-14/h13-15H,3-12H2,1-2H3. The highest BCUT2D eigenvalue weighted by molar-refractivity contribution is 4.75. The van der Waals surface area contributed by atoms with E-state index in [-0.39, 0.29) is 0 Å². The number of nitrogens with one attached hydrogen (secondary N) is 1. The van der Waals surface area contributed by atoms with Gasteiger partial charge in [-0.3, -0.25) is 0 Å². The SMILES string of the molecule is CCOCCCCNC(C)C1CCCCC1. The van der Waals surface area contributed by atoms with E-state index in [9.17, 15) is 0 Å². The van der Waals surface area contributed by atoms with Crippen LogP contribution < -0.4 is 5.32 Å². The van der Waals surface area contributed by atoms with Crippen molar-refractivity contribution in [3.8, 4) is 0 Å². The molecule has 96 valence electrons. The summed E-state index contributed by atoms with van der Waals surface area (Å²) in [6, 6.07) is 0.715. The molecular weight excluding hydrogens is 198 g/mol. The molecule has 1 rings (SSSR count). The number of unbranched alkanes of at least 4 members (excludes halogenated alkanes) is 1. The van der Waals surface area contributed by atoms with Crippen molar-refractivity contribution in [2.75, 3.05) is 19.8 Å². The molecule has 0 bridgehead atoms. The molecule has 0 amide bonds. The molecule has 0 radical (unpaired) electrons. The van der Waals surface area contributed by atoms with Gasteiger partial charge in [-0.1, -0.05) is 19.3 Å². The first-order valence-electron chi connectivity index (χ1n) is 7.15. The van der Waals surface area contributed by atoms with Crippen LogP contribution in [0.4, 0.5) is 0 Å². The van der Waals surface area contributed by atoms with E-state index < -0.39 is 0 Å². The smallest absolute Gasteiger partial charge is 0.0466 e. The maximum absolute atomic E-state index is 5.33. The van der Waals surface area contributed by atoms with Crippen LogP contribution in [0.2, 0.25) is 0 Å². The van der Waals surface area contributed by atoms with Gasteiger partial charge in [0.05, 0.1) is 0 Å². The third kappa shape index (κ3) is 5.86. The zero-order chi connectivity index (χ0) is 11.6. The van der Waals surface area contributed by atoms with E-state index in [1.54, 1.807) is 0 Å². The average molecular weight is 227 g/mol. The fourth-order valence-electron chi connectivity index (χ4n) is 2.60. The van der Waals surface area contributed by atoms with Gasteiger partial charge < -0.3 is 10.1 Å². The van der Waals surface area contributed by atoms with Crippen molar-refractivity contribution in [1.29, 1.82) is 0 Å². The number of ether oxygens (including phenoxy) is 1. The summed E-state index contributed by atoms with van der Waals surface area (Å²) in [5.41, 5.74) is 0. The Morgan fingerprint density at radius 3 is 2.62 bits per heavy atom. The van der Waals surface area contributed by atoms with Gasteiger partial charge in [0.25, 0.3) is 0 Å². The molecule has 2 heteroatoms. The quantitative estimate of drug-likeness (QED) is 0.642. The van der Waals surface area contributed by atoms with Crippen LogP contribution in [0.5, 0.6) is 0 Å². The van der Waals surface area contributed by atoms with E-state index in [1.807, 2.05) is 0 Å². The average Bonchev–Trinajstić information content (AvgIpc) is 2.34. The van der Waals surface area contributed by atoms with Crippen molar-refractivity contribution in [1.82, 2.24) is 5.32 Å². The molecule has 1 aliphatic carbocycles. The topological polar surface area (TPSA) is 21.3 Å². The van der Waals surface area contributed by atoms with Crippen molar-refractivity contribution < 1.29 is 4.74 Å². The second-order valence-electron chi connectivity index (χ2n) is 5.04. The van der Waals surface area contributed by atoms with Crippen LogP contribution in [0.15, 0.2) is 0 Å². The minimum absolute atomic E-state index is 0.715. The fraction of sp³-hybridized carbons (Fsp3) is 1.00. The number of rotatable bonds is 8. The lowest BCUT2D eigenvalue weighted by Gasteiger charge is -2.28. The highest BCUT2D eigenvalue weighted by Crippen LogP contribution is 2.26. The molecule has 0 spiro atoms. The Morgan fingerprint density at radius 2 is 1.94 bits per heavy atom. The third-order valence-corrected chi connectivity index (χ3v) is 3.74. The Kier molecular flexibility index (Phi) is 7.87. The zero-order valence-electron chi connectivity index (χ0n) is 11.1. The molecule has 16 heavy (non-hydrogen) atoms. The fourth-order valence-corrected chi connectivity index (χ4v) is 2.60. The van der Waals surface area contributed by atoms with Crippen molar-refractivity contribution >= 4 is 0 Å². The molecule has 1 N–H and O–H groups in total. The molecule has 1 saturated carbocycles. The van der Waals surface area contributed by atoms with E-state index in [0.29, 0.717) is 6.04 Å². The predicted octanol–water partition coefficient (Wildman–Crippen LogP) is 3.36. The van der Waals surface area contributed by atoms with Gasteiger partial charge in [0.15, 0.2) is 0 Å². The van der Waals surface area contributed by atoms with Crippen LogP contribution in [-0.2, 0) is 4.74 Å². The molecule has 1 aliphatic rings. The molecule has 0 aliphatic heterocycles. The van der Waals surface area contributed by atoms with Gasteiger partial charge in [0.1, 0.15) is 0 Å². The Labute approximate surface area is 101 Å². The van der Waals surface area contributed by atoms with Gasteiger partial charge in [0, 0.05) is 19.3 Å². The minimum atomic E-state index is 0.715. The van der Waals surface area contributed by atoms with Crippen LogP contribution in [0, 0.1) is 5.92 Å². The Bertz CT molecular complexity index is 155. The first kappa shape index (κ1) is 14.0. The van der Waals surface area contributed by atoms with Crippen LogP contribution in [0.1, 0.15) is 58.8 Å². The van der Waals surface area contributed by atoms with E-state index in [1.165, 1.54) is 44.9 Å². The van der Waals surface area contributed by atoms with Crippen molar-refractivity contribution in [3.63, 3.8) is 0 Å². The van der Waals surface area contributed by atoms with E-state index >= 15 is 0 Å². The van der Waals surface area contributed by atoms with Gasteiger partial charge in [-0.05, 0) is 52.0 Å². The van der Waals surface area contributed by atoms with Crippen molar-refractivity contribution in [3.05, 3.63) is 0 Å². The molecule has 1 atom stereocenters. The van der Waals surface area contributed by atoms with E-state index in [0.717, 1.165) is 25.7 Å². The molecule has 0 saturated heterocycles. The van der Waals surface area contributed by atoms with Gasteiger partial charge in [-0.15, -0.1) is 0 Å². The lowest BCUT2D eigenvalue weighted by molar-refractivity contribution is 0.143. The molecular formula is C14H29NO. The summed E-state index contributed by atoms with van der Waals surface area (Å²) in [4.78, 5) is 0. The summed E-state index contributed by atoms with van der Waals surface area (Å²) < 4.78 is 5.33. The van der Waals surface area contributed by atoms with Crippen LogP contribution in [-0.4, -0.2) is 25.8 Å². The molecule has 0 aromatic rings. The third-order valence-electron chi connectivity index (χ3n) is 3.74. The summed E-state index contributed by atoms with van der Waals surface area (Å²) in [5, 5.41) is 3.67. The van der Waals surface area contributed by atoms with Gasteiger partial charge in [-0.25, -0.2) is 0 Å². The van der Waals surface area contributed by atoms with Crippen LogP contribution >= 0.6 is 0 Å². The van der Waals surface area contributed by atoms with Crippen LogP contribution in [0.25, 0.3) is 0 Å². The molecule has 1 fully saturated rings. The van der Waals surface area contributed by atoms with Crippen molar-refractivity contribution in [2.45, 2.75) is 64.8 Å². The van der Waals surface area contributed by atoms with Crippen LogP contribution in [0.3, 0.4) is 0 Å². The Balaban J connectivity index is 1.94. The zero-order valence-corrected chi connectivity index (χ0v) is 11.1. The highest BCUT2D eigenvalue weighted by atomic mass is 16.5. The number of hydrogen-bond donors (Lipinski definition) is 1. The van der Waals surface area contributed by atoms with Gasteiger partial charge in [0.2, 0.25) is 0 Å². The highest BCUT2D eigenvalue weighted by Gasteiger charge is 2.18. The Morgan fingerprint density at radius 1 is 1.19 bits per heavy atom. The maximum atomic E-state index is 5.33. The summed E-state index contributed by atoms with van der Waals surface area (Å²) in [5.74, 6) is 0.931. The Hall–Kier alpha value is -0.0800. The molecule has 0 aromatic carbocycles. The lowest BCUT2D eigenvalue weighted by atomic mass is 9.84. The summed E-state index contributed by atoms with van der Waals surface area (Å²) in [7, 11) is 0.